The zero-order valence-electron chi connectivity index (χ0n) is 21.0. The molecular weight excluding hydrogens is 498 g/mol. The van der Waals surface area contributed by atoms with Gasteiger partial charge in [0.1, 0.15) is 0 Å². The molecule has 5 aromatic rings. The van der Waals surface area contributed by atoms with Gasteiger partial charge in [-0.25, -0.2) is 13.1 Å². The molecule has 0 saturated heterocycles. The topological polar surface area (TPSA) is 101 Å². The summed E-state index contributed by atoms with van der Waals surface area (Å²) in [5, 5.41) is 7.98. The highest BCUT2D eigenvalue weighted by atomic mass is 32.2. The van der Waals surface area contributed by atoms with Gasteiger partial charge in [-0.3, -0.25) is 4.79 Å². The van der Waals surface area contributed by atoms with Crippen molar-refractivity contribution in [2.24, 2.45) is 0 Å². The maximum Gasteiger partial charge on any atom is 0.264 e. The van der Waals surface area contributed by atoms with Gasteiger partial charge in [-0.05, 0) is 43.5 Å². The predicted octanol–water partition coefficient (Wildman–Crippen LogP) is 6.21. The average molecular weight is 526 g/mol. The zero-order chi connectivity index (χ0) is 26.7. The minimum absolute atomic E-state index is 0.0726. The molecule has 0 aliphatic carbocycles. The second-order valence-corrected chi connectivity index (χ2v) is 10.8. The van der Waals surface area contributed by atoms with Gasteiger partial charge in [0.2, 0.25) is 11.8 Å². The Labute approximate surface area is 221 Å². The van der Waals surface area contributed by atoms with Crippen LogP contribution in [0.15, 0.2) is 106 Å². The fraction of sp³-hybridized carbons (Fsp3) is 0.133. The first-order valence-corrected chi connectivity index (χ1v) is 13.7. The van der Waals surface area contributed by atoms with E-state index in [-0.39, 0.29) is 16.7 Å². The highest BCUT2D eigenvalue weighted by Gasteiger charge is 2.24. The first kappa shape index (κ1) is 25.2. The number of hydrogen-bond acceptors (Lipinski definition) is 5. The summed E-state index contributed by atoms with van der Waals surface area (Å²) in [5.74, 6) is -0.526. The van der Waals surface area contributed by atoms with E-state index in [9.17, 15) is 13.2 Å². The van der Waals surface area contributed by atoms with Crippen molar-refractivity contribution in [2.45, 2.75) is 31.1 Å². The molecule has 192 valence electrons. The van der Waals surface area contributed by atoms with E-state index in [0.717, 1.165) is 11.1 Å². The number of nitrogens with zero attached hydrogens (tertiary/aromatic N) is 1. The molecule has 5 rings (SSSR count). The lowest BCUT2D eigenvalue weighted by molar-refractivity contribution is -0.117. The third-order valence-corrected chi connectivity index (χ3v) is 8.00. The Morgan fingerprint density at radius 2 is 1.50 bits per heavy atom. The number of fused-ring (bicyclic) bond motifs is 1. The van der Waals surface area contributed by atoms with E-state index in [2.05, 4.69) is 15.2 Å². The van der Waals surface area contributed by atoms with E-state index in [4.69, 9.17) is 4.52 Å². The maximum atomic E-state index is 13.7. The molecule has 0 aliphatic heterocycles. The van der Waals surface area contributed by atoms with Crippen molar-refractivity contribution >= 4 is 38.3 Å². The first-order valence-electron chi connectivity index (χ1n) is 12.2. The van der Waals surface area contributed by atoms with Crippen LogP contribution in [0.4, 0.5) is 11.6 Å². The van der Waals surface area contributed by atoms with Gasteiger partial charge >= 0.3 is 0 Å². The SMILES string of the molecule is Cc1noc(NS(=O)(=O)c2cccc3c(NC(=O)C(Cc4ccccc4)c4ccccc4)cccc23)c1C. The molecule has 0 aliphatic rings. The van der Waals surface area contributed by atoms with Crippen LogP contribution in [0.3, 0.4) is 0 Å². The number of nitrogens with one attached hydrogen (secondary N) is 2. The highest BCUT2D eigenvalue weighted by molar-refractivity contribution is 7.93. The van der Waals surface area contributed by atoms with Crippen LogP contribution in [0.1, 0.15) is 28.3 Å². The fourth-order valence-electron chi connectivity index (χ4n) is 4.43. The minimum atomic E-state index is -3.99. The molecule has 7 nitrogen and oxygen atoms in total. The third kappa shape index (κ3) is 5.17. The van der Waals surface area contributed by atoms with Crippen molar-refractivity contribution in [2.75, 3.05) is 10.0 Å². The smallest absolute Gasteiger partial charge is 0.264 e. The van der Waals surface area contributed by atoms with Crippen LogP contribution < -0.4 is 10.0 Å². The Balaban J connectivity index is 1.49. The molecule has 0 saturated carbocycles. The Kier molecular flexibility index (Phi) is 6.98. The number of anilines is 2. The van der Waals surface area contributed by atoms with Gasteiger partial charge in [-0.1, -0.05) is 90.1 Å². The third-order valence-electron chi connectivity index (χ3n) is 6.61. The molecule has 0 fully saturated rings. The fourth-order valence-corrected chi connectivity index (χ4v) is 5.70. The summed E-state index contributed by atoms with van der Waals surface area (Å²) in [6.45, 7) is 3.48. The van der Waals surface area contributed by atoms with E-state index in [1.54, 1.807) is 44.2 Å². The molecule has 1 heterocycles. The largest absolute Gasteiger partial charge is 0.337 e. The van der Waals surface area contributed by atoms with Gasteiger partial charge in [0, 0.05) is 22.0 Å². The summed E-state index contributed by atoms with van der Waals surface area (Å²) in [6.07, 6.45) is 0.529. The number of hydrogen-bond donors (Lipinski definition) is 2. The Morgan fingerprint density at radius 1 is 0.842 bits per heavy atom. The number of amides is 1. The van der Waals surface area contributed by atoms with Gasteiger partial charge in [0.05, 0.1) is 16.5 Å². The van der Waals surface area contributed by atoms with Gasteiger partial charge in [-0.15, -0.1) is 0 Å². The number of carbonyl (C=O) groups excluding carboxylic acids is 1. The molecule has 8 heteroatoms. The molecule has 0 bridgehead atoms. The van der Waals surface area contributed by atoms with Gasteiger partial charge in [-0.2, -0.15) is 0 Å². The van der Waals surface area contributed by atoms with Crippen LogP contribution >= 0.6 is 0 Å². The van der Waals surface area contributed by atoms with Crippen molar-refractivity contribution in [3.05, 3.63) is 119 Å². The average Bonchev–Trinajstić information content (AvgIpc) is 3.24. The highest BCUT2D eigenvalue weighted by Crippen LogP contribution is 2.32. The molecule has 0 spiro atoms. The quantitative estimate of drug-likeness (QED) is 0.251. The van der Waals surface area contributed by atoms with E-state index in [1.165, 1.54) is 6.07 Å². The number of benzene rings is 4. The lowest BCUT2D eigenvalue weighted by Crippen LogP contribution is -2.23. The monoisotopic (exact) mass is 525 g/mol. The number of rotatable bonds is 8. The normalized spacial score (nSPS) is 12.3. The van der Waals surface area contributed by atoms with E-state index < -0.39 is 15.9 Å². The van der Waals surface area contributed by atoms with E-state index in [1.807, 2.05) is 60.7 Å². The molecule has 1 amide bonds. The zero-order valence-corrected chi connectivity index (χ0v) is 21.8. The summed E-state index contributed by atoms with van der Waals surface area (Å²) < 4.78 is 34.3. The van der Waals surface area contributed by atoms with E-state index >= 15 is 0 Å². The Hall–Kier alpha value is -4.43. The summed E-state index contributed by atoms with van der Waals surface area (Å²) >= 11 is 0. The number of sulfonamides is 1. The number of aryl methyl sites for hydroxylation is 1. The Morgan fingerprint density at radius 3 is 2.18 bits per heavy atom. The van der Waals surface area contributed by atoms with Crippen LogP contribution in [0.5, 0.6) is 0 Å². The second-order valence-electron chi connectivity index (χ2n) is 9.13. The Bertz CT molecular complexity index is 1700. The summed E-state index contributed by atoms with van der Waals surface area (Å²) in [5.41, 5.74) is 3.71. The summed E-state index contributed by atoms with van der Waals surface area (Å²) in [6, 6.07) is 29.7. The van der Waals surface area contributed by atoms with Gasteiger partial charge in [0.25, 0.3) is 10.0 Å². The predicted molar refractivity (Wildman–Crippen MR) is 149 cm³/mol. The van der Waals surface area contributed by atoms with Crippen LogP contribution in [0, 0.1) is 13.8 Å². The van der Waals surface area contributed by atoms with E-state index in [0.29, 0.717) is 34.1 Å². The molecule has 1 atom stereocenters. The van der Waals surface area contributed by atoms with Crippen LogP contribution in [0.25, 0.3) is 10.8 Å². The summed E-state index contributed by atoms with van der Waals surface area (Å²) in [7, 11) is -3.99. The molecule has 38 heavy (non-hydrogen) atoms. The maximum absolute atomic E-state index is 13.7. The van der Waals surface area contributed by atoms with Crippen LogP contribution in [-0.4, -0.2) is 19.5 Å². The minimum Gasteiger partial charge on any atom is -0.337 e. The standard InChI is InChI=1S/C30H27N3O4S/c1-20-21(2)32-37-30(20)33-38(35,36)28-18-10-15-24-25(28)16-9-17-27(24)31-29(34)26(23-13-7-4-8-14-23)19-22-11-5-3-6-12-22/h3-18,26,33H,19H2,1-2H3,(H,31,34). The van der Waals surface area contributed by atoms with Crippen molar-refractivity contribution in [1.29, 1.82) is 0 Å². The molecule has 2 N–H and O–H groups in total. The van der Waals surface area contributed by atoms with Crippen molar-refractivity contribution in [1.82, 2.24) is 5.16 Å². The molecule has 1 unspecified atom stereocenters. The van der Waals surface area contributed by atoms with Crippen molar-refractivity contribution in [3.63, 3.8) is 0 Å². The molecule has 1 aromatic heterocycles. The molecule has 4 aromatic carbocycles. The second kappa shape index (κ2) is 10.5. The van der Waals surface area contributed by atoms with Crippen LogP contribution in [-0.2, 0) is 21.2 Å². The van der Waals surface area contributed by atoms with Gasteiger partial charge in [0.15, 0.2) is 0 Å². The number of aromatic nitrogens is 1. The van der Waals surface area contributed by atoms with Crippen molar-refractivity contribution < 1.29 is 17.7 Å². The lowest BCUT2D eigenvalue weighted by Gasteiger charge is -2.19. The lowest BCUT2D eigenvalue weighted by atomic mass is 9.91. The van der Waals surface area contributed by atoms with Crippen LogP contribution in [0.2, 0.25) is 0 Å². The molecule has 0 radical (unpaired) electrons. The first-order chi connectivity index (χ1) is 18.3. The summed E-state index contributed by atoms with van der Waals surface area (Å²) in [4.78, 5) is 13.7. The van der Waals surface area contributed by atoms with Gasteiger partial charge < -0.3 is 9.84 Å². The number of carbonyl (C=O) groups is 1. The molecular formula is C30H27N3O4S. The van der Waals surface area contributed by atoms with Crippen molar-refractivity contribution in [3.8, 4) is 0 Å².